The Labute approximate surface area is 110 Å². The van der Waals surface area contributed by atoms with E-state index >= 15 is 0 Å². The van der Waals surface area contributed by atoms with E-state index in [-0.39, 0.29) is 0 Å². The molecule has 1 rings (SSSR count). The molecule has 4 nitrogen and oxygen atoms in total. The fourth-order valence-electron chi connectivity index (χ4n) is 2.03. The number of nitrogens with one attached hydrogen (secondary N) is 2. The summed E-state index contributed by atoms with van der Waals surface area (Å²) in [6.45, 7) is 7.30. The third kappa shape index (κ3) is 6.19. The van der Waals surface area contributed by atoms with Gasteiger partial charge in [0.15, 0.2) is 5.11 Å². The topological polar surface area (TPSA) is 36.5 Å². The summed E-state index contributed by atoms with van der Waals surface area (Å²) < 4.78 is 4.98. The van der Waals surface area contributed by atoms with Crippen LogP contribution in [0.4, 0.5) is 0 Å². The highest BCUT2D eigenvalue weighted by Gasteiger charge is 2.17. The highest BCUT2D eigenvalue weighted by molar-refractivity contribution is 7.80. The molecule has 0 radical (unpaired) electrons. The predicted molar refractivity (Wildman–Crippen MR) is 75.4 cm³/mol. The molecule has 0 saturated carbocycles. The average Bonchev–Trinajstić information content (AvgIpc) is 2.85. The van der Waals surface area contributed by atoms with Crippen molar-refractivity contribution in [3.8, 4) is 0 Å². The van der Waals surface area contributed by atoms with Gasteiger partial charge >= 0.3 is 0 Å². The molecule has 0 aromatic carbocycles. The van der Waals surface area contributed by atoms with Crippen molar-refractivity contribution < 1.29 is 4.74 Å². The van der Waals surface area contributed by atoms with E-state index in [9.17, 15) is 0 Å². The molecule has 0 spiro atoms. The van der Waals surface area contributed by atoms with E-state index in [1.165, 1.54) is 25.9 Å². The molecule has 1 aliphatic heterocycles. The highest BCUT2D eigenvalue weighted by atomic mass is 32.1. The number of methoxy groups -OCH3 is 1. The maximum atomic E-state index is 5.22. The van der Waals surface area contributed by atoms with Gasteiger partial charge in [0.25, 0.3) is 0 Å². The van der Waals surface area contributed by atoms with Crippen molar-refractivity contribution in [3.63, 3.8) is 0 Å². The van der Waals surface area contributed by atoms with E-state index in [1.54, 1.807) is 7.11 Å². The first-order valence-corrected chi connectivity index (χ1v) is 6.89. The number of hydrogen-bond acceptors (Lipinski definition) is 3. The summed E-state index contributed by atoms with van der Waals surface area (Å²) in [7, 11) is 1.72. The molecule has 0 amide bonds. The average molecular weight is 259 g/mol. The van der Waals surface area contributed by atoms with Crippen molar-refractivity contribution in [2.24, 2.45) is 0 Å². The zero-order valence-corrected chi connectivity index (χ0v) is 11.8. The molecule has 0 aromatic rings. The van der Waals surface area contributed by atoms with Gasteiger partial charge in [-0.25, -0.2) is 0 Å². The van der Waals surface area contributed by atoms with Crippen LogP contribution in [0.25, 0.3) is 0 Å². The second kappa shape index (κ2) is 8.66. The van der Waals surface area contributed by atoms with Crippen molar-refractivity contribution >= 4 is 17.3 Å². The molecule has 100 valence electrons. The first-order chi connectivity index (χ1) is 8.24. The highest BCUT2D eigenvalue weighted by Crippen LogP contribution is 2.10. The Hall–Kier alpha value is -0.390. The van der Waals surface area contributed by atoms with Gasteiger partial charge in [0.1, 0.15) is 0 Å². The second-order valence-electron chi connectivity index (χ2n) is 4.58. The summed E-state index contributed by atoms with van der Waals surface area (Å²) >= 11 is 5.22. The number of hydrogen-bond donors (Lipinski definition) is 2. The van der Waals surface area contributed by atoms with Gasteiger partial charge in [0.05, 0.1) is 0 Å². The second-order valence-corrected chi connectivity index (χ2v) is 4.98. The van der Waals surface area contributed by atoms with Gasteiger partial charge in [-0.1, -0.05) is 0 Å². The monoisotopic (exact) mass is 259 g/mol. The van der Waals surface area contributed by atoms with E-state index in [0.29, 0.717) is 6.04 Å². The Balaban J connectivity index is 2.02. The lowest BCUT2D eigenvalue weighted by molar-refractivity contribution is 0.195. The smallest absolute Gasteiger partial charge is 0.166 e. The SMILES string of the molecule is COCCCNC(=S)NCC(C)N1CCCC1. The minimum Gasteiger partial charge on any atom is -0.385 e. The maximum Gasteiger partial charge on any atom is 0.166 e. The Bertz CT molecular complexity index is 220. The van der Waals surface area contributed by atoms with Crippen LogP contribution in [0.1, 0.15) is 26.2 Å². The van der Waals surface area contributed by atoms with Gasteiger partial charge < -0.3 is 15.4 Å². The molecule has 0 bridgehead atoms. The number of thiocarbonyl (C=S) groups is 1. The third-order valence-electron chi connectivity index (χ3n) is 3.13. The quantitative estimate of drug-likeness (QED) is 0.526. The van der Waals surface area contributed by atoms with Crippen LogP contribution in [0.3, 0.4) is 0 Å². The molecule has 1 aliphatic rings. The van der Waals surface area contributed by atoms with Crippen LogP contribution >= 0.6 is 12.2 Å². The molecule has 1 unspecified atom stereocenters. The van der Waals surface area contributed by atoms with Gasteiger partial charge in [-0.2, -0.15) is 0 Å². The lowest BCUT2D eigenvalue weighted by Crippen LogP contribution is -2.44. The van der Waals surface area contributed by atoms with E-state index < -0.39 is 0 Å². The predicted octanol–water partition coefficient (Wildman–Crippen LogP) is 0.971. The fraction of sp³-hybridized carbons (Fsp3) is 0.917. The molecular weight excluding hydrogens is 234 g/mol. The molecule has 2 N–H and O–H groups in total. The summed E-state index contributed by atoms with van der Waals surface area (Å²) in [6.07, 6.45) is 3.66. The summed E-state index contributed by atoms with van der Waals surface area (Å²) in [6, 6.07) is 0.566. The lowest BCUT2D eigenvalue weighted by Gasteiger charge is -2.24. The van der Waals surface area contributed by atoms with Crippen LogP contribution in [-0.4, -0.2) is 55.9 Å². The molecule has 0 aromatic heterocycles. The largest absolute Gasteiger partial charge is 0.385 e. The van der Waals surface area contributed by atoms with Gasteiger partial charge in [-0.15, -0.1) is 0 Å². The summed E-state index contributed by atoms with van der Waals surface area (Å²) in [4.78, 5) is 2.51. The number of ether oxygens (including phenoxy) is 1. The van der Waals surface area contributed by atoms with Crippen molar-refractivity contribution in [2.75, 3.05) is 39.9 Å². The Morgan fingerprint density at radius 2 is 2.06 bits per heavy atom. The summed E-state index contributed by atoms with van der Waals surface area (Å²) in [5.74, 6) is 0. The fourth-order valence-corrected chi connectivity index (χ4v) is 2.22. The van der Waals surface area contributed by atoms with Crippen LogP contribution in [-0.2, 0) is 4.74 Å². The van der Waals surface area contributed by atoms with Crippen LogP contribution < -0.4 is 10.6 Å². The van der Waals surface area contributed by atoms with Crippen molar-refractivity contribution in [1.82, 2.24) is 15.5 Å². The standard InChI is InChI=1S/C12H25N3OS/c1-11(15-7-3-4-8-15)10-14-12(17)13-6-5-9-16-2/h11H,3-10H2,1-2H3,(H2,13,14,17). The Morgan fingerprint density at radius 1 is 1.35 bits per heavy atom. The lowest BCUT2D eigenvalue weighted by atomic mass is 10.3. The Morgan fingerprint density at radius 3 is 2.71 bits per heavy atom. The number of nitrogens with zero attached hydrogens (tertiary/aromatic N) is 1. The van der Waals surface area contributed by atoms with E-state index in [1.807, 2.05) is 0 Å². The van der Waals surface area contributed by atoms with Gasteiger partial charge in [-0.3, -0.25) is 4.90 Å². The van der Waals surface area contributed by atoms with Crippen LogP contribution in [0.5, 0.6) is 0 Å². The Kier molecular flexibility index (Phi) is 7.48. The maximum absolute atomic E-state index is 5.22. The van der Waals surface area contributed by atoms with Crippen molar-refractivity contribution in [3.05, 3.63) is 0 Å². The van der Waals surface area contributed by atoms with Crippen LogP contribution in [0.2, 0.25) is 0 Å². The van der Waals surface area contributed by atoms with Crippen LogP contribution in [0, 0.1) is 0 Å². The van der Waals surface area contributed by atoms with Crippen molar-refractivity contribution in [1.29, 1.82) is 0 Å². The molecule has 1 saturated heterocycles. The molecule has 1 heterocycles. The van der Waals surface area contributed by atoms with Gasteiger partial charge in [0.2, 0.25) is 0 Å². The first kappa shape index (κ1) is 14.7. The van der Waals surface area contributed by atoms with E-state index in [2.05, 4.69) is 22.5 Å². The van der Waals surface area contributed by atoms with Crippen molar-refractivity contribution in [2.45, 2.75) is 32.2 Å². The normalized spacial score (nSPS) is 18.0. The van der Waals surface area contributed by atoms with Crippen LogP contribution in [0.15, 0.2) is 0 Å². The zero-order chi connectivity index (χ0) is 12.5. The van der Waals surface area contributed by atoms with E-state index in [0.717, 1.165) is 31.2 Å². The molecule has 1 fully saturated rings. The zero-order valence-electron chi connectivity index (χ0n) is 11.0. The van der Waals surface area contributed by atoms with Gasteiger partial charge in [0, 0.05) is 32.8 Å². The minimum absolute atomic E-state index is 0.566. The number of rotatable bonds is 7. The van der Waals surface area contributed by atoms with Gasteiger partial charge in [-0.05, 0) is 51.5 Å². The first-order valence-electron chi connectivity index (χ1n) is 6.48. The molecule has 17 heavy (non-hydrogen) atoms. The molecule has 0 aliphatic carbocycles. The molecule has 1 atom stereocenters. The summed E-state index contributed by atoms with van der Waals surface area (Å²) in [5, 5.41) is 7.22. The third-order valence-corrected chi connectivity index (χ3v) is 3.42. The van der Waals surface area contributed by atoms with E-state index in [4.69, 9.17) is 17.0 Å². The molecular formula is C12H25N3OS. The summed E-state index contributed by atoms with van der Waals surface area (Å²) in [5.41, 5.74) is 0. The minimum atomic E-state index is 0.566. The molecule has 5 heteroatoms. The number of likely N-dealkylation sites (tertiary alicyclic amines) is 1.